The van der Waals surface area contributed by atoms with E-state index in [9.17, 15) is 4.79 Å². The Bertz CT molecular complexity index is 183. The first-order valence-corrected chi connectivity index (χ1v) is 4.44. The van der Waals surface area contributed by atoms with Crippen molar-refractivity contribution in [1.29, 1.82) is 0 Å². The molecule has 3 nitrogen and oxygen atoms in total. The predicted molar refractivity (Wildman–Crippen MR) is 48.9 cm³/mol. The minimum Gasteiger partial charge on any atom is -0.348 e. The molecule has 3 heteroatoms. The summed E-state index contributed by atoms with van der Waals surface area (Å²) in [5.41, 5.74) is -0.112. The molecule has 0 N–H and O–H groups in total. The van der Waals surface area contributed by atoms with Crippen LogP contribution in [0.4, 0.5) is 0 Å². The molecular formula is C9H18N2O. The SMILES string of the molecule is CCN1CC(C)(C(=O)N(C)C)C1. The molecule has 0 bridgehead atoms. The van der Waals surface area contributed by atoms with Gasteiger partial charge in [-0.25, -0.2) is 0 Å². The van der Waals surface area contributed by atoms with Crippen molar-refractivity contribution in [2.75, 3.05) is 33.7 Å². The minimum absolute atomic E-state index is 0.112. The van der Waals surface area contributed by atoms with Gasteiger partial charge in [0, 0.05) is 27.2 Å². The van der Waals surface area contributed by atoms with Gasteiger partial charge in [-0.2, -0.15) is 0 Å². The summed E-state index contributed by atoms with van der Waals surface area (Å²) in [6.07, 6.45) is 0. The lowest BCUT2D eigenvalue weighted by Gasteiger charge is -2.47. The maximum absolute atomic E-state index is 11.6. The van der Waals surface area contributed by atoms with Crippen LogP contribution >= 0.6 is 0 Å². The number of likely N-dealkylation sites (tertiary alicyclic amines) is 1. The van der Waals surface area contributed by atoms with E-state index in [4.69, 9.17) is 0 Å². The van der Waals surface area contributed by atoms with Crippen molar-refractivity contribution in [3.8, 4) is 0 Å². The van der Waals surface area contributed by atoms with E-state index in [0.717, 1.165) is 19.6 Å². The van der Waals surface area contributed by atoms with E-state index in [1.54, 1.807) is 4.90 Å². The molecule has 0 radical (unpaired) electrons. The fourth-order valence-electron chi connectivity index (χ4n) is 1.84. The first-order valence-electron chi connectivity index (χ1n) is 4.44. The zero-order valence-electron chi connectivity index (χ0n) is 8.42. The fraction of sp³-hybridized carbons (Fsp3) is 0.889. The third kappa shape index (κ3) is 1.46. The Morgan fingerprint density at radius 3 is 2.33 bits per heavy atom. The van der Waals surface area contributed by atoms with Gasteiger partial charge < -0.3 is 9.80 Å². The van der Waals surface area contributed by atoms with Crippen LogP contribution in [0.3, 0.4) is 0 Å². The molecule has 1 aliphatic heterocycles. The summed E-state index contributed by atoms with van der Waals surface area (Å²) in [6.45, 7) is 7.05. The molecule has 1 heterocycles. The van der Waals surface area contributed by atoms with Gasteiger partial charge in [-0.15, -0.1) is 0 Å². The van der Waals surface area contributed by atoms with E-state index < -0.39 is 0 Å². The Balaban J connectivity index is 2.49. The first kappa shape index (κ1) is 9.52. The molecule has 0 aromatic rings. The Morgan fingerprint density at radius 2 is 2.00 bits per heavy atom. The van der Waals surface area contributed by atoms with Crippen LogP contribution in [0, 0.1) is 5.41 Å². The molecule has 0 saturated carbocycles. The molecule has 70 valence electrons. The number of hydrogen-bond acceptors (Lipinski definition) is 2. The second-order valence-corrected chi connectivity index (χ2v) is 4.06. The van der Waals surface area contributed by atoms with Gasteiger partial charge in [-0.05, 0) is 13.5 Å². The van der Waals surface area contributed by atoms with Gasteiger partial charge in [0.05, 0.1) is 5.41 Å². The smallest absolute Gasteiger partial charge is 0.230 e. The average molecular weight is 170 g/mol. The fourth-order valence-corrected chi connectivity index (χ4v) is 1.84. The molecule has 0 unspecified atom stereocenters. The Hall–Kier alpha value is -0.570. The van der Waals surface area contributed by atoms with E-state index in [0.29, 0.717) is 0 Å². The van der Waals surface area contributed by atoms with Crippen LogP contribution in [-0.2, 0) is 4.79 Å². The van der Waals surface area contributed by atoms with Crippen LogP contribution in [0.1, 0.15) is 13.8 Å². The summed E-state index contributed by atoms with van der Waals surface area (Å²) in [5, 5.41) is 0. The van der Waals surface area contributed by atoms with Crippen molar-refractivity contribution in [3.63, 3.8) is 0 Å². The second kappa shape index (κ2) is 3.05. The molecule has 1 amide bonds. The topological polar surface area (TPSA) is 23.6 Å². The highest BCUT2D eigenvalue weighted by Crippen LogP contribution is 2.30. The number of rotatable bonds is 2. The molecule has 12 heavy (non-hydrogen) atoms. The van der Waals surface area contributed by atoms with Crippen LogP contribution in [0.25, 0.3) is 0 Å². The van der Waals surface area contributed by atoms with Crippen molar-refractivity contribution in [2.24, 2.45) is 5.41 Å². The number of carbonyl (C=O) groups excluding carboxylic acids is 1. The Labute approximate surface area is 74.3 Å². The van der Waals surface area contributed by atoms with Crippen LogP contribution in [-0.4, -0.2) is 49.4 Å². The van der Waals surface area contributed by atoms with E-state index in [1.807, 2.05) is 21.0 Å². The van der Waals surface area contributed by atoms with Gasteiger partial charge in [0.25, 0.3) is 0 Å². The van der Waals surface area contributed by atoms with E-state index in [2.05, 4.69) is 11.8 Å². The number of nitrogens with zero attached hydrogens (tertiary/aromatic N) is 2. The highest BCUT2D eigenvalue weighted by atomic mass is 16.2. The molecule has 0 aromatic heterocycles. The minimum atomic E-state index is -0.112. The third-order valence-corrected chi connectivity index (χ3v) is 2.51. The van der Waals surface area contributed by atoms with Gasteiger partial charge in [0.2, 0.25) is 5.91 Å². The standard InChI is InChI=1S/C9H18N2O/c1-5-11-6-9(2,7-11)8(12)10(3)4/h5-7H2,1-4H3. The molecule has 0 aliphatic carbocycles. The van der Waals surface area contributed by atoms with Gasteiger partial charge in [-0.3, -0.25) is 4.79 Å². The molecule has 0 spiro atoms. The summed E-state index contributed by atoms with van der Waals surface area (Å²) in [4.78, 5) is 15.6. The van der Waals surface area contributed by atoms with Gasteiger partial charge >= 0.3 is 0 Å². The Morgan fingerprint density at radius 1 is 1.50 bits per heavy atom. The van der Waals surface area contributed by atoms with Crippen molar-refractivity contribution in [3.05, 3.63) is 0 Å². The maximum Gasteiger partial charge on any atom is 0.230 e. The molecule has 0 atom stereocenters. The monoisotopic (exact) mass is 170 g/mol. The van der Waals surface area contributed by atoms with Gasteiger partial charge in [-0.1, -0.05) is 6.92 Å². The quantitative estimate of drug-likeness (QED) is 0.599. The molecule has 1 aliphatic rings. The maximum atomic E-state index is 11.6. The molecule has 0 aromatic carbocycles. The van der Waals surface area contributed by atoms with E-state index in [1.165, 1.54) is 0 Å². The van der Waals surface area contributed by atoms with Gasteiger partial charge in [0.1, 0.15) is 0 Å². The predicted octanol–water partition coefficient (Wildman–Crippen LogP) is 0.416. The summed E-state index contributed by atoms with van der Waals surface area (Å²) in [6, 6.07) is 0. The first-order chi connectivity index (χ1) is 5.49. The van der Waals surface area contributed by atoms with Crippen molar-refractivity contribution in [1.82, 2.24) is 9.80 Å². The van der Waals surface area contributed by atoms with Crippen LogP contribution in [0.5, 0.6) is 0 Å². The second-order valence-electron chi connectivity index (χ2n) is 4.06. The van der Waals surface area contributed by atoms with Crippen molar-refractivity contribution in [2.45, 2.75) is 13.8 Å². The number of carbonyl (C=O) groups is 1. The van der Waals surface area contributed by atoms with Crippen molar-refractivity contribution >= 4 is 5.91 Å². The average Bonchev–Trinajstić information content (AvgIpc) is 1.96. The third-order valence-electron chi connectivity index (χ3n) is 2.51. The van der Waals surface area contributed by atoms with Gasteiger partial charge in [0.15, 0.2) is 0 Å². The molecule has 1 fully saturated rings. The summed E-state index contributed by atoms with van der Waals surface area (Å²) in [5.74, 6) is 0.257. The number of amides is 1. The summed E-state index contributed by atoms with van der Waals surface area (Å²) < 4.78 is 0. The highest BCUT2D eigenvalue weighted by molar-refractivity contribution is 5.83. The molecule has 1 rings (SSSR count). The van der Waals surface area contributed by atoms with Crippen LogP contribution in [0.15, 0.2) is 0 Å². The number of hydrogen-bond donors (Lipinski definition) is 0. The largest absolute Gasteiger partial charge is 0.348 e. The lowest BCUT2D eigenvalue weighted by atomic mass is 9.80. The summed E-state index contributed by atoms with van der Waals surface area (Å²) >= 11 is 0. The van der Waals surface area contributed by atoms with Crippen LogP contribution < -0.4 is 0 Å². The van der Waals surface area contributed by atoms with E-state index in [-0.39, 0.29) is 11.3 Å². The summed E-state index contributed by atoms with van der Waals surface area (Å²) in [7, 11) is 3.64. The van der Waals surface area contributed by atoms with Crippen LogP contribution in [0.2, 0.25) is 0 Å². The normalized spacial score (nSPS) is 21.7. The Kier molecular flexibility index (Phi) is 2.42. The zero-order valence-corrected chi connectivity index (χ0v) is 8.42. The van der Waals surface area contributed by atoms with Crippen molar-refractivity contribution < 1.29 is 4.79 Å². The van der Waals surface area contributed by atoms with E-state index >= 15 is 0 Å². The zero-order chi connectivity index (χ0) is 9.35. The lowest BCUT2D eigenvalue weighted by Crippen LogP contribution is -2.61. The highest BCUT2D eigenvalue weighted by Gasteiger charge is 2.44. The lowest BCUT2D eigenvalue weighted by molar-refractivity contribution is -0.148. The molecule has 1 saturated heterocycles. The molecular weight excluding hydrogens is 152 g/mol.